The minimum atomic E-state index is -0.266. The third-order valence-corrected chi connectivity index (χ3v) is 7.17. The van der Waals surface area contributed by atoms with Crippen molar-refractivity contribution in [3.8, 4) is 16.9 Å². The zero-order valence-electron chi connectivity index (χ0n) is 21.1. The van der Waals surface area contributed by atoms with Crippen molar-refractivity contribution in [1.29, 1.82) is 0 Å². The van der Waals surface area contributed by atoms with E-state index in [0.717, 1.165) is 59.8 Å². The first-order chi connectivity index (χ1) is 17.2. The van der Waals surface area contributed by atoms with Gasteiger partial charge in [-0.15, -0.1) is 0 Å². The Morgan fingerprint density at radius 3 is 2.81 bits per heavy atom. The number of nitrogens with zero attached hydrogens (tertiary/aromatic N) is 5. The number of ether oxygens (including phenoxy) is 1. The number of halogens is 1. The highest BCUT2D eigenvalue weighted by molar-refractivity contribution is 6.32. The van der Waals surface area contributed by atoms with Crippen molar-refractivity contribution in [3.05, 3.63) is 58.8 Å². The predicted octanol–water partition coefficient (Wildman–Crippen LogP) is 5.20. The predicted molar refractivity (Wildman–Crippen MR) is 142 cm³/mol. The van der Waals surface area contributed by atoms with Gasteiger partial charge in [0.25, 0.3) is 0 Å². The Morgan fingerprint density at radius 1 is 1.17 bits per heavy atom. The maximum Gasteiger partial charge on any atom is 0.321 e. The van der Waals surface area contributed by atoms with Crippen LogP contribution >= 0.6 is 11.6 Å². The molecule has 1 aliphatic heterocycles. The van der Waals surface area contributed by atoms with E-state index in [-0.39, 0.29) is 16.6 Å². The number of carbonyl (C=O) groups is 1. The fraction of sp³-hybridized carbons (Fsp3) is 0.407. The molecule has 188 valence electrons. The van der Waals surface area contributed by atoms with Crippen LogP contribution in [0, 0.1) is 5.41 Å². The van der Waals surface area contributed by atoms with E-state index in [9.17, 15) is 4.79 Å². The number of nitrogens with one attached hydrogen (secondary N) is 1. The Hall–Kier alpha value is -3.39. The molecule has 36 heavy (non-hydrogen) atoms. The molecular weight excluding hydrogens is 476 g/mol. The highest BCUT2D eigenvalue weighted by Gasteiger charge is 2.30. The highest BCUT2D eigenvalue weighted by Crippen LogP contribution is 2.39. The third-order valence-electron chi connectivity index (χ3n) is 6.87. The Balaban J connectivity index is 1.46. The van der Waals surface area contributed by atoms with Gasteiger partial charge in [0.1, 0.15) is 24.5 Å². The van der Waals surface area contributed by atoms with Crippen molar-refractivity contribution in [3.63, 3.8) is 0 Å². The molecule has 0 atom stereocenters. The van der Waals surface area contributed by atoms with E-state index in [0.29, 0.717) is 18.8 Å². The lowest BCUT2D eigenvalue weighted by Crippen LogP contribution is -2.31. The molecule has 0 bridgehead atoms. The van der Waals surface area contributed by atoms with Gasteiger partial charge in [-0.3, -0.25) is 0 Å². The molecule has 2 aromatic heterocycles. The number of hydrogen-bond acceptors (Lipinski definition) is 6. The number of carbonyl (C=O) groups excluding carboxylic acids is 1. The van der Waals surface area contributed by atoms with Crippen LogP contribution in [0.5, 0.6) is 5.75 Å². The Labute approximate surface area is 216 Å². The summed E-state index contributed by atoms with van der Waals surface area (Å²) in [4.78, 5) is 29.5. The molecule has 5 rings (SSSR count). The van der Waals surface area contributed by atoms with Gasteiger partial charge in [0.05, 0.1) is 12.2 Å². The molecule has 0 radical (unpaired) electrons. The Morgan fingerprint density at radius 2 is 2.00 bits per heavy atom. The topological polar surface area (TPSA) is 83.5 Å². The van der Waals surface area contributed by atoms with Gasteiger partial charge in [0.2, 0.25) is 0 Å². The monoisotopic (exact) mass is 506 g/mol. The van der Waals surface area contributed by atoms with Crippen LogP contribution in [0.2, 0.25) is 5.15 Å². The second-order valence-corrected chi connectivity index (χ2v) is 10.8. The van der Waals surface area contributed by atoms with Gasteiger partial charge >= 0.3 is 6.03 Å². The van der Waals surface area contributed by atoms with Crippen molar-refractivity contribution in [1.82, 2.24) is 19.9 Å². The summed E-state index contributed by atoms with van der Waals surface area (Å²) in [5, 5.41) is 3.05. The maximum atomic E-state index is 12.2. The van der Waals surface area contributed by atoms with E-state index >= 15 is 0 Å². The van der Waals surface area contributed by atoms with E-state index in [1.54, 1.807) is 26.6 Å². The van der Waals surface area contributed by atoms with Gasteiger partial charge in [0.15, 0.2) is 5.15 Å². The van der Waals surface area contributed by atoms with Crippen molar-refractivity contribution in [2.24, 2.45) is 5.41 Å². The van der Waals surface area contributed by atoms with Gasteiger partial charge in [-0.1, -0.05) is 31.5 Å². The summed E-state index contributed by atoms with van der Waals surface area (Å²) in [6, 6.07) is 7.70. The number of anilines is 2. The molecule has 0 saturated heterocycles. The molecule has 1 aromatic carbocycles. The summed E-state index contributed by atoms with van der Waals surface area (Å²) >= 11 is 6.25. The molecule has 2 amide bonds. The van der Waals surface area contributed by atoms with Crippen LogP contribution in [0.25, 0.3) is 11.1 Å². The lowest BCUT2D eigenvalue weighted by atomic mass is 9.76. The molecule has 0 unspecified atom stereocenters. The molecule has 2 aliphatic rings. The molecule has 0 fully saturated rings. The van der Waals surface area contributed by atoms with E-state index in [1.165, 1.54) is 10.5 Å². The number of hydrogen-bond donors (Lipinski definition) is 1. The zero-order valence-corrected chi connectivity index (χ0v) is 21.9. The summed E-state index contributed by atoms with van der Waals surface area (Å²) in [7, 11) is 3.35. The minimum absolute atomic E-state index is 0.237. The quantitative estimate of drug-likeness (QED) is 0.491. The van der Waals surface area contributed by atoms with Gasteiger partial charge in [-0.25, -0.2) is 19.7 Å². The summed E-state index contributed by atoms with van der Waals surface area (Å²) < 4.78 is 6.11. The number of aromatic nitrogens is 3. The van der Waals surface area contributed by atoms with Crippen LogP contribution in [0.3, 0.4) is 0 Å². The minimum Gasteiger partial charge on any atom is -0.491 e. The van der Waals surface area contributed by atoms with Crippen LogP contribution < -0.4 is 15.0 Å². The largest absolute Gasteiger partial charge is 0.491 e. The third kappa shape index (κ3) is 4.95. The summed E-state index contributed by atoms with van der Waals surface area (Å²) in [6.07, 6.45) is 6.50. The molecule has 0 spiro atoms. The fourth-order valence-corrected chi connectivity index (χ4v) is 4.96. The van der Waals surface area contributed by atoms with Gasteiger partial charge in [-0.2, -0.15) is 0 Å². The normalized spacial score (nSPS) is 16.3. The average molecular weight is 507 g/mol. The summed E-state index contributed by atoms with van der Waals surface area (Å²) in [6.45, 7) is 6.64. The van der Waals surface area contributed by atoms with Gasteiger partial charge < -0.3 is 19.9 Å². The molecule has 8 nitrogen and oxygen atoms in total. The second-order valence-electron chi connectivity index (χ2n) is 10.4. The molecule has 3 heterocycles. The smallest absolute Gasteiger partial charge is 0.321 e. The van der Waals surface area contributed by atoms with Gasteiger partial charge in [0, 0.05) is 49.2 Å². The zero-order chi connectivity index (χ0) is 25.4. The van der Waals surface area contributed by atoms with E-state index in [2.05, 4.69) is 40.1 Å². The number of fused-ring (bicyclic) bond motifs is 2. The molecule has 0 saturated carbocycles. The Kier molecular flexibility index (Phi) is 6.47. The number of benzene rings is 1. The molecular formula is C27H31ClN6O2. The average Bonchev–Trinajstić information content (AvgIpc) is 3.06. The molecule has 9 heteroatoms. The standard InChI is InChI=1S/C27H31ClN6O2/c1-27(2)8-7-21-20(13-27)25(31-16-30-21)34-9-10-36-23-6-5-17(11-19(23)15-34)18-12-22(24(28)29-14-18)32-26(35)33(3)4/h5-6,11-12,14,16H,7-10,13,15H2,1-4H3,(H,32,35). The van der Waals surface area contributed by atoms with E-state index in [4.69, 9.17) is 21.3 Å². The summed E-state index contributed by atoms with van der Waals surface area (Å²) in [5.74, 6) is 1.88. The number of urea groups is 1. The van der Waals surface area contributed by atoms with Crippen molar-refractivity contribution >= 4 is 29.1 Å². The van der Waals surface area contributed by atoms with Crippen molar-refractivity contribution in [2.45, 2.75) is 39.7 Å². The first-order valence-electron chi connectivity index (χ1n) is 12.2. The van der Waals surface area contributed by atoms with Crippen LogP contribution in [-0.2, 0) is 19.4 Å². The Bertz CT molecular complexity index is 1310. The highest BCUT2D eigenvalue weighted by atomic mass is 35.5. The first kappa shape index (κ1) is 24.3. The number of rotatable bonds is 3. The fourth-order valence-electron chi connectivity index (χ4n) is 4.81. The first-order valence-corrected chi connectivity index (χ1v) is 12.6. The van der Waals surface area contributed by atoms with Crippen LogP contribution in [0.1, 0.15) is 37.1 Å². The maximum absolute atomic E-state index is 12.2. The number of amides is 2. The van der Waals surface area contributed by atoms with Crippen molar-refractivity contribution in [2.75, 3.05) is 37.5 Å². The SMILES string of the molecule is CN(C)C(=O)Nc1cc(-c2ccc3c(c2)CN(c2ncnc4c2CC(C)(C)CC4)CCO3)cnc1Cl. The van der Waals surface area contributed by atoms with Crippen LogP contribution in [0.4, 0.5) is 16.3 Å². The van der Waals surface area contributed by atoms with E-state index < -0.39 is 0 Å². The molecule has 1 aliphatic carbocycles. The molecule has 3 aromatic rings. The second kappa shape index (κ2) is 9.58. The number of pyridine rings is 1. The van der Waals surface area contributed by atoms with Gasteiger partial charge in [-0.05, 0) is 48.4 Å². The van der Waals surface area contributed by atoms with Crippen LogP contribution in [-0.4, -0.2) is 53.1 Å². The lowest BCUT2D eigenvalue weighted by Gasteiger charge is -2.33. The number of aryl methyl sites for hydroxylation is 1. The molecule has 1 N–H and O–H groups in total. The lowest BCUT2D eigenvalue weighted by molar-refractivity contribution is 0.230. The van der Waals surface area contributed by atoms with Crippen molar-refractivity contribution < 1.29 is 9.53 Å². The van der Waals surface area contributed by atoms with Crippen LogP contribution in [0.15, 0.2) is 36.8 Å². The van der Waals surface area contributed by atoms with E-state index in [1.807, 2.05) is 18.2 Å². The summed E-state index contributed by atoms with van der Waals surface area (Å²) in [5.41, 5.74) is 6.02.